The normalized spacial score (nSPS) is 18.4. The summed E-state index contributed by atoms with van der Waals surface area (Å²) in [4.78, 5) is 28.3. The van der Waals surface area contributed by atoms with E-state index >= 15 is 0 Å². The Morgan fingerprint density at radius 3 is 2.52 bits per heavy atom. The number of para-hydroxylation sites is 1. The first kappa shape index (κ1) is 19.1. The van der Waals surface area contributed by atoms with Crippen molar-refractivity contribution in [2.24, 2.45) is 5.92 Å². The van der Waals surface area contributed by atoms with Crippen LogP contribution in [0.1, 0.15) is 32.8 Å². The van der Waals surface area contributed by atoms with Crippen molar-refractivity contribution in [3.05, 3.63) is 29.8 Å². The Morgan fingerprint density at radius 2 is 1.92 bits per heavy atom. The molecule has 1 aliphatic heterocycles. The number of amides is 2. The Kier molecular flexibility index (Phi) is 6.33. The molecule has 1 heterocycles. The molecule has 0 unspecified atom stereocenters. The largest absolute Gasteiger partial charge is 0.434 e. The Balaban J connectivity index is 2.29. The first-order valence-corrected chi connectivity index (χ1v) is 8.44. The van der Waals surface area contributed by atoms with Gasteiger partial charge >= 0.3 is 6.61 Å². The van der Waals surface area contributed by atoms with Crippen molar-refractivity contribution in [3.63, 3.8) is 0 Å². The lowest BCUT2D eigenvalue weighted by molar-refractivity contribution is -0.157. The third-order valence-corrected chi connectivity index (χ3v) is 4.23. The molecule has 2 rings (SSSR count). The van der Waals surface area contributed by atoms with Crippen LogP contribution in [-0.2, 0) is 16.1 Å². The van der Waals surface area contributed by atoms with Crippen molar-refractivity contribution in [2.75, 3.05) is 13.1 Å². The molecule has 0 spiro atoms. The van der Waals surface area contributed by atoms with E-state index in [4.69, 9.17) is 0 Å². The highest BCUT2D eigenvalue weighted by Crippen LogP contribution is 2.26. The topological polar surface area (TPSA) is 49.9 Å². The van der Waals surface area contributed by atoms with E-state index < -0.39 is 12.7 Å². The van der Waals surface area contributed by atoms with Gasteiger partial charge in [0.15, 0.2) is 0 Å². The molecule has 1 saturated heterocycles. The molecule has 25 heavy (non-hydrogen) atoms. The number of benzene rings is 1. The number of carbonyl (C=O) groups excluding carboxylic acids is 2. The Hall–Kier alpha value is -2.18. The molecule has 138 valence electrons. The van der Waals surface area contributed by atoms with Gasteiger partial charge in [-0.3, -0.25) is 9.59 Å². The van der Waals surface area contributed by atoms with Crippen molar-refractivity contribution in [2.45, 2.75) is 46.4 Å². The average Bonchev–Trinajstić information content (AvgIpc) is 2.54. The van der Waals surface area contributed by atoms with Crippen LogP contribution < -0.4 is 4.74 Å². The monoisotopic (exact) mass is 354 g/mol. The van der Waals surface area contributed by atoms with Crippen molar-refractivity contribution >= 4 is 11.8 Å². The fraction of sp³-hybridized carbons (Fsp3) is 0.556. The quantitative estimate of drug-likeness (QED) is 0.757. The number of halogens is 2. The van der Waals surface area contributed by atoms with Gasteiger partial charge in [0.25, 0.3) is 0 Å². The van der Waals surface area contributed by atoms with E-state index in [1.54, 1.807) is 18.2 Å². The molecule has 0 bridgehead atoms. The van der Waals surface area contributed by atoms with Gasteiger partial charge in [0.05, 0.1) is 13.1 Å². The van der Waals surface area contributed by atoms with Crippen LogP contribution in [0.25, 0.3) is 0 Å². The smallest absolute Gasteiger partial charge is 0.387 e. The fourth-order valence-electron chi connectivity index (χ4n) is 3.02. The van der Waals surface area contributed by atoms with Crippen LogP contribution >= 0.6 is 0 Å². The molecule has 1 atom stereocenters. The van der Waals surface area contributed by atoms with E-state index in [0.717, 1.165) is 0 Å². The Morgan fingerprint density at radius 1 is 1.24 bits per heavy atom. The molecule has 5 nitrogen and oxygen atoms in total. The minimum atomic E-state index is -2.94. The van der Waals surface area contributed by atoms with E-state index in [9.17, 15) is 18.4 Å². The lowest BCUT2D eigenvalue weighted by Crippen LogP contribution is -2.59. The van der Waals surface area contributed by atoms with E-state index in [1.807, 2.05) is 20.8 Å². The molecule has 1 aromatic carbocycles. The number of nitrogens with zero attached hydrogens (tertiary/aromatic N) is 2. The molecule has 0 radical (unpaired) electrons. The van der Waals surface area contributed by atoms with Crippen molar-refractivity contribution in [1.29, 1.82) is 0 Å². The van der Waals surface area contributed by atoms with E-state index in [-0.39, 0.29) is 36.6 Å². The summed E-state index contributed by atoms with van der Waals surface area (Å²) >= 11 is 0. The zero-order valence-electron chi connectivity index (χ0n) is 14.7. The standard InChI is InChI=1S/C18H24F2N2O3/c1-4-21-11-16(23)22(14(17(21)24)9-12(2)3)10-13-7-5-6-8-15(13)25-18(19)20/h5-8,12,14,18H,4,9-11H2,1-3H3/t14-/m0/s1. The molecule has 0 N–H and O–H groups in total. The van der Waals surface area contributed by atoms with Gasteiger partial charge in [-0.15, -0.1) is 0 Å². The van der Waals surface area contributed by atoms with Crippen molar-refractivity contribution < 1.29 is 23.1 Å². The zero-order valence-corrected chi connectivity index (χ0v) is 14.7. The third-order valence-electron chi connectivity index (χ3n) is 4.23. The summed E-state index contributed by atoms with van der Waals surface area (Å²) in [6, 6.07) is 5.77. The van der Waals surface area contributed by atoms with Gasteiger partial charge in [0.2, 0.25) is 11.8 Å². The highest BCUT2D eigenvalue weighted by Gasteiger charge is 2.39. The maximum Gasteiger partial charge on any atom is 0.387 e. The molecule has 7 heteroatoms. The van der Waals surface area contributed by atoms with Crippen LogP contribution in [0.3, 0.4) is 0 Å². The lowest BCUT2D eigenvalue weighted by Gasteiger charge is -2.40. The SMILES string of the molecule is CCN1CC(=O)N(Cc2ccccc2OC(F)F)[C@@H](CC(C)C)C1=O. The summed E-state index contributed by atoms with van der Waals surface area (Å²) in [6.45, 7) is 3.41. The van der Waals surface area contributed by atoms with Crippen LogP contribution in [0, 0.1) is 5.92 Å². The second-order valence-electron chi connectivity index (χ2n) is 6.51. The van der Waals surface area contributed by atoms with Gasteiger partial charge in [-0.05, 0) is 25.3 Å². The predicted octanol–water partition coefficient (Wildman–Crippen LogP) is 2.89. The highest BCUT2D eigenvalue weighted by atomic mass is 19.3. The minimum Gasteiger partial charge on any atom is -0.434 e. The summed E-state index contributed by atoms with van der Waals surface area (Å²) in [5, 5.41) is 0. The molecular weight excluding hydrogens is 330 g/mol. The number of hydrogen-bond donors (Lipinski definition) is 0. The van der Waals surface area contributed by atoms with Crippen LogP contribution in [0.4, 0.5) is 8.78 Å². The maximum absolute atomic E-state index is 12.7. The average molecular weight is 354 g/mol. The maximum atomic E-state index is 12.7. The lowest BCUT2D eigenvalue weighted by atomic mass is 9.98. The number of piperazine rings is 1. The van der Waals surface area contributed by atoms with Crippen molar-refractivity contribution in [3.8, 4) is 5.75 Å². The number of alkyl halides is 2. The first-order valence-electron chi connectivity index (χ1n) is 8.44. The molecule has 1 fully saturated rings. The first-order chi connectivity index (χ1) is 11.8. The van der Waals surface area contributed by atoms with Crippen LogP contribution in [0.15, 0.2) is 24.3 Å². The van der Waals surface area contributed by atoms with Crippen LogP contribution in [-0.4, -0.2) is 47.4 Å². The summed E-state index contributed by atoms with van der Waals surface area (Å²) in [6.07, 6.45) is 0.527. The van der Waals surface area contributed by atoms with Crippen LogP contribution in [0.5, 0.6) is 5.75 Å². The number of hydrogen-bond acceptors (Lipinski definition) is 3. The predicted molar refractivity (Wildman–Crippen MR) is 89.1 cm³/mol. The van der Waals surface area contributed by atoms with E-state index in [2.05, 4.69) is 4.74 Å². The van der Waals surface area contributed by atoms with Gasteiger partial charge in [0, 0.05) is 12.1 Å². The number of ether oxygens (including phenoxy) is 1. The Bertz CT molecular complexity index is 622. The molecule has 0 saturated carbocycles. The van der Waals surface area contributed by atoms with Crippen molar-refractivity contribution in [1.82, 2.24) is 9.80 Å². The summed E-state index contributed by atoms with van der Waals surface area (Å²) < 4.78 is 29.7. The van der Waals surface area contributed by atoms with Gasteiger partial charge in [-0.25, -0.2) is 0 Å². The second-order valence-corrected chi connectivity index (χ2v) is 6.51. The van der Waals surface area contributed by atoms with Gasteiger partial charge < -0.3 is 14.5 Å². The molecule has 0 aliphatic carbocycles. The van der Waals surface area contributed by atoms with Gasteiger partial charge in [-0.1, -0.05) is 32.0 Å². The number of rotatable bonds is 7. The summed E-state index contributed by atoms with van der Waals surface area (Å²) in [7, 11) is 0. The fourth-order valence-corrected chi connectivity index (χ4v) is 3.02. The number of likely N-dealkylation sites (N-methyl/N-ethyl adjacent to an activating group) is 1. The van der Waals surface area contributed by atoms with E-state index in [1.165, 1.54) is 15.9 Å². The van der Waals surface area contributed by atoms with Gasteiger partial charge in [0.1, 0.15) is 11.8 Å². The minimum absolute atomic E-state index is 0.0157. The highest BCUT2D eigenvalue weighted by molar-refractivity contribution is 5.94. The Labute approximate surface area is 146 Å². The second kappa shape index (κ2) is 8.27. The third kappa shape index (κ3) is 4.67. The van der Waals surface area contributed by atoms with Crippen LogP contribution in [0.2, 0.25) is 0 Å². The molecular formula is C18H24F2N2O3. The summed E-state index contributed by atoms with van der Waals surface area (Å²) in [5.74, 6) is -0.0328. The van der Waals surface area contributed by atoms with Gasteiger partial charge in [-0.2, -0.15) is 8.78 Å². The summed E-state index contributed by atoms with van der Waals surface area (Å²) in [5.41, 5.74) is 0.461. The molecule has 2 amide bonds. The molecule has 1 aliphatic rings. The molecule has 0 aromatic heterocycles. The zero-order chi connectivity index (χ0) is 18.6. The molecule has 1 aromatic rings. The van der Waals surface area contributed by atoms with E-state index in [0.29, 0.717) is 18.5 Å². The number of carbonyl (C=O) groups is 2.